The molecule has 1 unspecified atom stereocenters. The minimum absolute atomic E-state index is 0.116. The summed E-state index contributed by atoms with van der Waals surface area (Å²) in [4.78, 5) is 0. The summed E-state index contributed by atoms with van der Waals surface area (Å²) >= 11 is 0. The molecule has 0 aliphatic heterocycles. The van der Waals surface area contributed by atoms with Crippen LogP contribution in [0.3, 0.4) is 0 Å². The van der Waals surface area contributed by atoms with Crippen molar-refractivity contribution in [2.24, 2.45) is 5.41 Å². The van der Waals surface area contributed by atoms with Crippen LogP contribution in [0.15, 0.2) is 12.1 Å². The molecule has 3 heteroatoms. The highest BCUT2D eigenvalue weighted by Crippen LogP contribution is 2.54. The second-order valence-corrected chi connectivity index (χ2v) is 5.18. The van der Waals surface area contributed by atoms with Crippen molar-refractivity contribution in [3.63, 3.8) is 0 Å². The van der Waals surface area contributed by atoms with E-state index in [2.05, 4.69) is 23.5 Å². The first-order valence-corrected chi connectivity index (χ1v) is 6.31. The van der Waals surface area contributed by atoms with Gasteiger partial charge in [0.2, 0.25) is 0 Å². The van der Waals surface area contributed by atoms with Crippen molar-refractivity contribution in [1.82, 2.24) is 5.32 Å². The first-order valence-electron chi connectivity index (χ1n) is 6.31. The Morgan fingerprint density at radius 1 is 1.33 bits per heavy atom. The quantitative estimate of drug-likeness (QED) is 0.885. The molecule has 1 aromatic carbocycles. The second kappa shape index (κ2) is 4.62. The van der Waals surface area contributed by atoms with Gasteiger partial charge in [-0.3, -0.25) is 0 Å². The molecular formula is C15H20N2O. The molecule has 3 nitrogen and oxygen atoms in total. The van der Waals surface area contributed by atoms with E-state index in [-0.39, 0.29) is 11.5 Å². The topological polar surface area (TPSA) is 45.0 Å². The molecular weight excluding hydrogens is 224 g/mol. The third-order valence-electron chi connectivity index (χ3n) is 3.87. The van der Waals surface area contributed by atoms with E-state index in [0.29, 0.717) is 0 Å². The maximum Gasteiger partial charge on any atom is 0.124 e. The number of nitriles is 1. The fourth-order valence-electron chi connectivity index (χ4n) is 2.83. The lowest BCUT2D eigenvalue weighted by Crippen LogP contribution is -2.25. The van der Waals surface area contributed by atoms with Gasteiger partial charge in [0.1, 0.15) is 5.75 Å². The summed E-state index contributed by atoms with van der Waals surface area (Å²) in [5.74, 6) is 0.940. The predicted molar refractivity (Wildman–Crippen MR) is 71.5 cm³/mol. The van der Waals surface area contributed by atoms with Crippen LogP contribution in [0.25, 0.3) is 0 Å². The number of ether oxygens (including phenoxy) is 1. The zero-order chi connectivity index (χ0) is 13.3. The Hall–Kier alpha value is -1.53. The average Bonchev–Trinajstić information content (AvgIpc) is 3.11. The zero-order valence-electron chi connectivity index (χ0n) is 11.5. The number of nitrogens with one attached hydrogen (secondary N) is 1. The van der Waals surface area contributed by atoms with E-state index in [1.165, 1.54) is 5.56 Å². The maximum absolute atomic E-state index is 9.34. The van der Waals surface area contributed by atoms with Crippen LogP contribution in [0, 0.1) is 30.6 Å². The van der Waals surface area contributed by atoms with Gasteiger partial charge in [-0.2, -0.15) is 5.26 Å². The van der Waals surface area contributed by atoms with Gasteiger partial charge in [-0.15, -0.1) is 0 Å². The van der Waals surface area contributed by atoms with Gasteiger partial charge in [0.25, 0.3) is 0 Å². The summed E-state index contributed by atoms with van der Waals surface area (Å²) in [6.07, 6.45) is 1.97. The van der Waals surface area contributed by atoms with Crippen molar-refractivity contribution in [3.8, 4) is 11.8 Å². The number of nitrogens with zero attached hydrogens (tertiary/aromatic N) is 1. The van der Waals surface area contributed by atoms with E-state index in [4.69, 9.17) is 4.74 Å². The van der Waals surface area contributed by atoms with E-state index < -0.39 is 0 Å². The summed E-state index contributed by atoms with van der Waals surface area (Å²) in [5.41, 5.74) is 3.23. The Morgan fingerprint density at radius 3 is 2.22 bits per heavy atom. The van der Waals surface area contributed by atoms with Gasteiger partial charge in [-0.25, -0.2) is 0 Å². The molecule has 1 aliphatic carbocycles. The van der Waals surface area contributed by atoms with E-state index in [0.717, 1.165) is 29.7 Å². The fourth-order valence-corrected chi connectivity index (χ4v) is 2.83. The lowest BCUT2D eigenvalue weighted by Gasteiger charge is -2.23. The third-order valence-corrected chi connectivity index (χ3v) is 3.87. The van der Waals surface area contributed by atoms with Crippen LogP contribution in [0.4, 0.5) is 0 Å². The number of benzene rings is 1. The number of hydrogen-bond donors (Lipinski definition) is 1. The van der Waals surface area contributed by atoms with Crippen molar-refractivity contribution < 1.29 is 4.74 Å². The Balaban J connectivity index is 2.42. The van der Waals surface area contributed by atoms with Crippen LogP contribution in [0.2, 0.25) is 0 Å². The number of hydrogen-bond acceptors (Lipinski definition) is 3. The summed E-state index contributed by atoms with van der Waals surface area (Å²) in [6, 6.07) is 6.85. The first-order chi connectivity index (χ1) is 8.57. The van der Waals surface area contributed by atoms with Crippen molar-refractivity contribution >= 4 is 0 Å². The minimum Gasteiger partial charge on any atom is -0.496 e. The number of rotatable bonds is 4. The molecule has 1 aromatic rings. The highest BCUT2D eigenvalue weighted by Gasteiger charge is 2.50. The molecule has 0 heterocycles. The smallest absolute Gasteiger partial charge is 0.124 e. The fraction of sp³-hybridized carbons (Fsp3) is 0.533. The molecule has 0 bridgehead atoms. The van der Waals surface area contributed by atoms with Gasteiger partial charge in [0.15, 0.2) is 0 Å². The van der Waals surface area contributed by atoms with Crippen molar-refractivity contribution in [1.29, 1.82) is 5.26 Å². The van der Waals surface area contributed by atoms with Crippen LogP contribution < -0.4 is 10.1 Å². The van der Waals surface area contributed by atoms with Gasteiger partial charge >= 0.3 is 0 Å². The molecule has 1 atom stereocenters. The normalized spacial score (nSPS) is 17.9. The Bertz CT molecular complexity index is 475. The van der Waals surface area contributed by atoms with E-state index >= 15 is 0 Å². The van der Waals surface area contributed by atoms with E-state index in [1.54, 1.807) is 7.11 Å². The summed E-state index contributed by atoms with van der Waals surface area (Å²) in [7, 11) is 3.62. The maximum atomic E-state index is 9.34. The van der Waals surface area contributed by atoms with Gasteiger partial charge < -0.3 is 10.1 Å². The monoisotopic (exact) mass is 244 g/mol. The summed E-state index contributed by atoms with van der Waals surface area (Å²) in [5, 5.41) is 12.6. The highest BCUT2D eigenvalue weighted by molar-refractivity contribution is 5.45. The largest absolute Gasteiger partial charge is 0.496 e. The lowest BCUT2D eigenvalue weighted by atomic mass is 9.89. The van der Waals surface area contributed by atoms with E-state index in [9.17, 15) is 5.26 Å². The van der Waals surface area contributed by atoms with Crippen LogP contribution in [-0.2, 0) is 0 Å². The molecule has 18 heavy (non-hydrogen) atoms. The van der Waals surface area contributed by atoms with Crippen molar-refractivity contribution in [2.45, 2.75) is 32.7 Å². The molecule has 1 N–H and O–H groups in total. The number of aryl methyl sites for hydroxylation is 2. The van der Waals surface area contributed by atoms with E-state index in [1.807, 2.05) is 20.9 Å². The average molecular weight is 244 g/mol. The highest BCUT2D eigenvalue weighted by atomic mass is 16.5. The predicted octanol–water partition coefficient (Wildman–Crippen LogP) is 2.88. The van der Waals surface area contributed by atoms with Gasteiger partial charge in [-0.1, -0.05) is 12.1 Å². The minimum atomic E-state index is -0.206. The zero-order valence-corrected chi connectivity index (χ0v) is 11.5. The van der Waals surface area contributed by atoms with Crippen molar-refractivity contribution in [2.75, 3.05) is 14.2 Å². The molecule has 0 radical (unpaired) electrons. The number of methoxy groups -OCH3 is 1. The molecule has 2 rings (SSSR count). The second-order valence-electron chi connectivity index (χ2n) is 5.18. The third kappa shape index (κ3) is 1.97. The lowest BCUT2D eigenvalue weighted by molar-refractivity contribution is 0.406. The Morgan fingerprint density at radius 2 is 1.89 bits per heavy atom. The van der Waals surface area contributed by atoms with Gasteiger partial charge in [0.05, 0.1) is 24.6 Å². The molecule has 0 aromatic heterocycles. The summed E-state index contributed by atoms with van der Waals surface area (Å²) in [6.45, 7) is 4.10. The van der Waals surface area contributed by atoms with Crippen LogP contribution in [0.5, 0.6) is 5.75 Å². The molecule has 1 saturated carbocycles. The molecule has 1 fully saturated rings. The van der Waals surface area contributed by atoms with Crippen LogP contribution >= 0.6 is 0 Å². The Labute approximate surface area is 109 Å². The standard InChI is InChI=1S/C15H20N2O/c1-10-7-12(8-11(2)13(10)18-4)14(17-3)15(9-16)5-6-15/h7-8,14,17H,5-6H2,1-4H3. The first kappa shape index (κ1) is 12.9. The molecule has 0 spiro atoms. The van der Waals surface area contributed by atoms with Crippen LogP contribution in [0.1, 0.15) is 35.6 Å². The summed E-state index contributed by atoms with van der Waals surface area (Å²) < 4.78 is 5.39. The van der Waals surface area contributed by atoms with Crippen LogP contribution in [-0.4, -0.2) is 14.2 Å². The Kier molecular flexibility index (Phi) is 3.32. The van der Waals surface area contributed by atoms with Crippen molar-refractivity contribution in [3.05, 3.63) is 28.8 Å². The molecule has 0 saturated heterocycles. The molecule has 96 valence electrons. The SMILES string of the molecule is CNC(c1cc(C)c(OC)c(C)c1)C1(C#N)CC1. The van der Waals surface area contributed by atoms with Gasteiger partial charge in [-0.05, 0) is 50.4 Å². The van der Waals surface area contributed by atoms with Gasteiger partial charge in [0, 0.05) is 0 Å². The molecule has 1 aliphatic rings. The molecule has 0 amide bonds.